The summed E-state index contributed by atoms with van der Waals surface area (Å²) in [6.07, 6.45) is 1.14. The van der Waals surface area contributed by atoms with E-state index in [0.717, 1.165) is 36.7 Å². The molecule has 0 aromatic heterocycles. The van der Waals surface area contributed by atoms with E-state index in [-0.39, 0.29) is 0 Å². The largest absolute Gasteiger partial charge is 0.454 e. The van der Waals surface area contributed by atoms with Crippen molar-refractivity contribution in [1.29, 1.82) is 0 Å². The van der Waals surface area contributed by atoms with Gasteiger partial charge in [0.15, 0.2) is 11.5 Å². The van der Waals surface area contributed by atoms with Crippen LogP contribution in [0.2, 0.25) is 0 Å². The molecule has 0 fully saturated rings. The molecule has 0 radical (unpaired) electrons. The van der Waals surface area contributed by atoms with Crippen LogP contribution in [0, 0.1) is 0 Å². The van der Waals surface area contributed by atoms with E-state index in [1.807, 2.05) is 18.2 Å². The van der Waals surface area contributed by atoms with Gasteiger partial charge in [-0.2, -0.15) is 0 Å². The van der Waals surface area contributed by atoms with Gasteiger partial charge in [0.05, 0.1) is 0 Å². The van der Waals surface area contributed by atoms with Crippen molar-refractivity contribution in [3.8, 4) is 11.5 Å². The molecule has 21 heavy (non-hydrogen) atoms. The third-order valence-corrected chi connectivity index (χ3v) is 4.14. The minimum absolute atomic E-state index is 0.317. The molecule has 2 heterocycles. The second kappa shape index (κ2) is 4.88. The maximum Gasteiger partial charge on any atom is 0.231 e. The Hall–Kier alpha value is -2.36. The number of likely N-dealkylation sites (N-methyl/N-ethyl adjacent to an activating group) is 1. The molecule has 0 spiro atoms. The second-order valence-corrected chi connectivity index (χ2v) is 5.56. The van der Waals surface area contributed by atoms with Gasteiger partial charge in [-0.1, -0.05) is 12.1 Å². The molecule has 2 aliphatic heterocycles. The summed E-state index contributed by atoms with van der Waals surface area (Å²) < 4.78 is 10.7. The number of hydrogen-bond acceptors (Lipinski definition) is 4. The first kappa shape index (κ1) is 12.4. The van der Waals surface area contributed by atoms with Crippen LogP contribution in [0.4, 0.5) is 11.4 Å². The number of benzene rings is 2. The SMILES string of the molecule is CN1CCc2cc(CNc3ccc4c(c3)OCO4)ccc21. The lowest BCUT2D eigenvalue weighted by atomic mass is 10.1. The lowest BCUT2D eigenvalue weighted by Crippen LogP contribution is -2.12. The Balaban J connectivity index is 1.47. The number of anilines is 2. The maximum atomic E-state index is 5.40. The predicted octanol–water partition coefficient (Wildman–Crippen LogP) is 3.02. The molecule has 0 bridgehead atoms. The Morgan fingerprint density at radius 2 is 2.00 bits per heavy atom. The highest BCUT2D eigenvalue weighted by Gasteiger charge is 2.16. The second-order valence-electron chi connectivity index (χ2n) is 5.56. The minimum atomic E-state index is 0.317. The summed E-state index contributed by atoms with van der Waals surface area (Å²) in [5, 5.41) is 3.44. The molecule has 1 N–H and O–H groups in total. The average molecular weight is 282 g/mol. The molecule has 4 nitrogen and oxygen atoms in total. The standard InChI is InChI=1S/C17H18N2O2/c1-19-7-6-13-8-12(2-4-15(13)19)10-18-14-3-5-16-17(9-14)21-11-20-16/h2-5,8-9,18H,6-7,10-11H2,1H3. The Morgan fingerprint density at radius 1 is 1.10 bits per heavy atom. The fraction of sp³-hybridized carbons (Fsp3) is 0.294. The van der Waals surface area contributed by atoms with E-state index in [0.29, 0.717) is 6.79 Å². The molecule has 0 saturated carbocycles. The zero-order chi connectivity index (χ0) is 14.2. The van der Waals surface area contributed by atoms with E-state index in [2.05, 4.69) is 35.5 Å². The van der Waals surface area contributed by atoms with E-state index < -0.39 is 0 Å². The first-order chi connectivity index (χ1) is 10.3. The Bertz CT molecular complexity index is 684. The van der Waals surface area contributed by atoms with Crippen molar-refractivity contribution in [2.75, 3.05) is 30.6 Å². The van der Waals surface area contributed by atoms with Crippen molar-refractivity contribution in [1.82, 2.24) is 0 Å². The fourth-order valence-electron chi connectivity index (χ4n) is 2.94. The van der Waals surface area contributed by atoms with Gasteiger partial charge in [-0.15, -0.1) is 0 Å². The molecule has 108 valence electrons. The quantitative estimate of drug-likeness (QED) is 0.938. The van der Waals surface area contributed by atoms with Crippen molar-refractivity contribution in [3.63, 3.8) is 0 Å². The van der Waals surface area contributed by atoms with E-state index >= 15 is 0 Å². The van der Waals surface area contributed by atoms with Gasteiger partial charge < -0.3 is 19.7 Å². The summed E-state index contributed by atoms with van der Waals surface area (Å²) in [5.74, 6) is 1.64. The van der Waals surface area contributed by atoms with Gasteiger partial charge in [0, 0.05) is 37.6 Å². The molecule has 0 amide bonds. The first-order valence-corrected chi connectivity index (χ1v) is 7.26. The Labute approximate surface area is 124 Å². The van der Waals surface area contributed by atoms with Crippen LogP contribution in [0.25, 0.3) is 0 Å². The molecule has 0 atom stereocenters. The summed E-state index contributed by atoms with van der Waals surface area (Å²) in [6.45, 7) is 2.25. The van der Waals surface area contributed by atoms with Gasteiger partial charge in [0.1, 0.15) is 0 Å². The minimum Gasteiger partial charge on any atom is -0.454 e. The number of fused-ring (bicyclic) bond motifs is 2. The van der Waals surface area contributed by atoms with Gasteiger partial charge in [0.2, 0.25) is 6.79 Å². The third-order valence-electron chi connectivity index (χ3n) is 4.14. The third kappa shape index (κ3) is 2.27. The molecular weight excluding hydrogens is 264 g/mol. The van der Waals surface area contributed by atoms with Crippen LogP contribution in [-0.4, -0.2) is 20.4 Å². The highest BCUT2D eigenvalue weighted by Crippen LogP contribution is 2.34. The average Bonchev–Trinajstić information content (AvgIpc) is 3.11. The molecule has 2 aromatic rings. The highest BCUT2D eigenvalue weighted by molar-refractivity contribution is 5.59. The fourth-order valence-corrected chi connectivity index (χ4v) is 2.94. The summed E-state index contributed by atoms with van der Waals surface area (Å²) >= 11 is 0. The monoisotopic (exact) mass is 282 g/mol. The van der Waals surface area contributed by atoms with Crippen molar-refractivity contribution in [3.05, 3.63) is 47.5 Å². The van der Waals surface area contributed by atoms with Crippen LogP contribution in [0.15, 0.2) is 36.4 Å². The van der Waals surface area contributed by atoms with E-state index in [1.165, 1.54) is 16.8 Å². The zero-order valence-corrected chi connectivity index (χ0v) is 12.1. The first-order valence-electron chi connectivity index (χ1n) is 7.26. The van der Waals surface area contributed by atoms with Crippen LogP contribution >= 0.6 is 0 Å². The van der Waals surface area contributed by atoms with Gasteiger partial charge in [-0.3, -0.25) is 0 Å². The zero-order valence-electron chi connectivity index (χ0n) is 12.1. The van der Waals surface area contributed by atoms with E-state index in [9.17, 15) is 0 Å². The van der Waals surface area contributed by atoms with Crippen molar-refractivity contribution in [2.24, 2.45) is 0 Å². The lowest BCUT2D eigenvalue weighted by molar-refractivity contribution is 0.174. The predicted molar refractivity (Wildman–Crippen MR) is 83.3 cm³/mol. The van der Waals surface area contributed by atoms with Crippen molar-refractivity contribution in [2.45, 2.75) is 13.0 Å². The van der Waals surface area contributed by atoms with E-state index in [1.54, 1.807) is 0 Å². The van der Waals surface area contributed by atoms with Crippen LogP contribution in [0.5, 0.6) is 11.5 Å². The van der Waals surface area contributed by atoms with E-state index in [4.69, 9.17) is 9.47 Å². The van der Waals surface area contributed by atoms with Crippen LogP contribution in [0.1, 0.15) is 11.1 Å². The number of nitrogens with one attached hydrogen (secondary N) is 1. The maximum absolute atomic E-state index is 5.40. The Morgan fingerprint density at radius 3 is 2.95 bits per heavy atom. The van der Waals surface area contributed by atoms with Crippen molar-refractivity contribution < 1.29 is 9.47 Å². The Kier molecular flexibility index (Phi) is 2.88. The molecule has 4 heteroatoms. The summed E-state index contributed by atoms with van der Waals surface area (Å²) in [4.78, 5) is 2.31. The van der Waals surface area contributed by atoms with Gasteiger partial charge >= 0.3 is 0 Å². The highest BCUT2D eigenvalue weighted by atomic mass is 16.7. The summed E-state index contributed by atoms with van der Waals surface area (Å²) in [7, 11) is 2.15. The summed E-state index contributed by atoms with van der Waals surface area (Å²) in [6, 6.07) is 12.7. The number of nitrogens with zero attached hydrogens (tertiary/aromatic N) is 1. The molecule has 4 rings (SSSR count). The molecule has 2 aromatic carbocycles. The van der Waals surface area contributed by atoms with Gasteiger partial charge in [0.25, 0.3) is 0 Å². The van der Waals surface area contributed by atoms with Crippen LogP contribution in [0.3, 0.4) is 0 Å². The molecule has 0 unspecified atom stereocenters. The smallest absolute Gasteiger partial charge is 0.231 e. The van der Waals surface area contributed by atoms with Crippen molar-refractivity contribution >= 4 is 11.4 Å². The van der Waals surface area contributed by atoms with Gasteiger partial charge in [-0.25, -0.2) is 0 Å². The molecular formula is C17H18N2O2. The van der Waals surface area contributed by atoms with Gasteiger partial charge in [-0.05, 0) is 35.7 Å². The molecule has 0 saturated heterocycles. The number of ether oxygens (including phenoxy) is 2. The molecule has 2 aliphatic rings. The van der Waals surface area contributed by atoms with Crippen LogP contribution < -0.4 is 19.7 Å². The normalized spacial score (nSPS) is 15.2. The molecule has 0 aliphatic carbocycles. The van der Waals surface area contributed by atoms with Crippen LogP contribution in [-0.2, 0) is 13.0 Å². The topological polar surface area (TPSA) is 33.7 Å². The number of hydrogen-bond donors (Lipinski definition) is 1. The lowest BCUT2D eigenvalue weighted by Gasteiger charge is -2.13. The summed E-state index contributed by atoms with van der Waals surface area (Å²) in [5.41, 5.74) is 5.17. The number of rotatable bonds is 3.